The Morgan fingerprint density at radius 2 is 2.35 bits per heavy atom. The van der Waals surface area contributed by atoms with Crippen LogP contribution in [0.25, 0.3) is 0 Å². The maximum absolute atomic E-state index is 12.3. The zero-order valence-corrected chi connectivity index (χ0v) is 12.3. The number of rotatable bonds is 5. The van der Waals surface area contributed by atoms with Crippen LogP contribution in [0.1, 0.15) is 12.0 Å². The number of carbonyl (C=O) groups excluding carboxylic acids is 1. The fourth-order valence-corrected chi connectivity index (χ4v) is 2.51. The lowest BCUT2D eigenvalue weighted by Crippen LogP contribution is -2.31. The Kier molecular flexibility index (Phi) is 5.31. The van der Waals surface area contributed by atoms with E-state index in [-0.39, 0.29) is 24.1 Å². The molecule has 20 heavy (non-hydrogen) atoms. The standard InChI is InChI=1S/C13H15BrF2N2O2/c14-10-1-2-11(20-13(15)16)9(5-10)7-18-12(19)8-3-4-17-6-8/h1-2,5,8,13,17H,3-4,6-7H2,(H,18,19)/t8-/m0/s1. The monoisotopic (exact) mass is 348 g/mol. The number of benzene rings is 1. The first-order chi connectivity index (χ1) is 9.56. The van der Waals surface area contributed by atoms with Gasteiger partial charge in [-0.05, 0) is 31.2 Å². The molecule has 1 atom stereocenters. The van der Waals surface area contributed by atoms with E-state index in [1.54, 1.807) is 12.1 Å². The Hall–Kier alpha value is -1.21. The van der Waals surface area contributed by atoms with Crippen LogP contribution in [0.5, 0.6) is 5.75 Å². The largest absolute Gasteiger partial charge is 0.434 e. The average Bonchev–Trinajstić information content (AvgIpc) is 2.92. The third kappa shape index (κ3) is 4.14. The number of nitrogens with one attached hydrogen (secondary N) is 2. The van der Waals surface area contributed by atoms with Gasteiger partial charge in [0.2, 0.25) is 5.91 Å². The highest BCUT2D eigenvalue weighted by Gasteiger charge is 2.22. The molecule has 0 aliphatic carbocycles. The van der Waals surface area contributed by atoms with Crippen LogP contribution in [0, 0.1) is 5.92 Å². The highest BCUT2D eigenvalue weighted by Crippen LogP contribution is 2.24. The van der Waals surface area contributed by atoms with E-state index in [9.17, 15) is 13.6 Å². The van der Waals surface area contributed by atoms with Crippen molar-refractivity contribution >= 4 is 21.8 Å². The maximum Gasteiger partial charge on any atom is 0.387 e. The van der Waals surface area contributed by atoms with E-state index in [1.807, 2.05) is 0 Å². The summed E-state index contributed by atoms with van der Waals surface area (Å²) >= 11 is 3.27. The second-order valence-electron chi connectivity index (χ2n) is 4.54. The minimum absolute atomic E-state index is 0.0541. The summed E-state index contributed by atoms with van der Waals surface area (Å²) in [6, 6.07) is 4.73. The first-order valence-corrected chi connectivity index (χ1v) is 7.07. The van der Waals surface area contributed by atoms with Gasteiger partial charge >= 0.3 is 6.61 Å². The van der Waals surface area contributed by atoms with Crippen LogP contribution in [-0.4, -0.2) is 25.6 Å². The molecule has 1 fully saturated rings. The van der Waals surface area contributed by atoms with Gasteiger partial charge in [0.1, 0.15) is 5.75 Å². The average molecular weight is 349 g/mol. The van der Waals surface area contributed by atoms with Crippen molar-refractivity contribution in [2.75, 3.05) is 13.1 Å². The van der Waals surface area contributed by atoms with Crippen molar-refractivity contribution in [3.05, 3.63) is 28.2 Å². The van der Waals surface area contributed by atoms with E-state index in [0.717, 1.165) is 17.4 Å². The number of ether oxygens (including phenoxy) is 1. The molecule has 0 spiro atoms. The Bertz CT molecular complexity index is 479. The van der Waals surface area contributed by atoms with Gasteiger partial charge < -0.3 is 15.4 Å². The van der Waals surface area contributed by atoms with Gasteiger partial charge in [-0.2, -0.15) is 8.78 Å². The second-order valence-corrected chi connectivity index (χ2v) is 5.45. The van der Waals surface area contributed by atoms with Crippen LogP contribution < -0.4 is 15.4 Å². The molecule has 0 bridgehead atoms. The van der Waals surface area contributed by atoms with Crippen molar-refractivity contribution < 1.29 is 18.3 Å². The van der Waals surface area contributed by atoms with E-state index in [1.165, 1.54) is 6.07 Å². The van der Waals surface area contributed by atoms with E-state index in [4.69, 9.17) is 0 Å². The molecule has 110 valence electrons. The van der Waals surface area contributed by atoms with Gasteiger partial charge in [0.05, 0.1) is 5.92 Å². The van der Waals surface area contributed by atoms with Crippen molar-refractivity contribution in [3.8, 4) is 5.75 Å². The number of hydrogen-bond acceptors (Lipinski definition) is 3. The molecule has 2 rings (SSSR count). The van der Waals surface area contributed by atoms with Crippen molar-refractivity contribution in [1.82, 2.24) is 10.6 Å². The van der Waals surface area contributed by atoms with E-state index in [0.29, 0.717) is 12.1 Å². The molecule has 1 saturated heterocycles. The Morgan fingerprint density at radius 3 is 3.00 bits per heavy atom. The third-order valence-corrected chi connectivity index (χ3v) is 3.62. The molecule has 1 amide bonds. The van der Waals surface area contributed by atoms with Crippen LogP contribution in [-0.2, 0) is 11.3 Å². The van der Waals surface area contributed by atoms with Crippen molar-refractivity contribution in [2.45, 2.75) is 19.6 Å². The SMILES string of the molecule is O=C(NCc1cc(Br)ccc1OC(F)F)[C@H]1CCNC1. The van der Waals surface area contributed by atoms with Crippen LogP contribution in [0.2, 0.25) is 0 Å². The number of amides is 1. The van der Waals surface area contributed by atoms with Crippen LogP contribution in [0.4, 0.5) is 8.78 Å². The molecule has 0 radical (unpaired) electrons. The number of carbonyl (C=O) groups is 1. The maximum atomic E-state index is 12.3. The van der Waals surface area contributed by atoms with E-state index in [2.05, 4.69) is 31.3 Å². The molecule has 1 heterocycles. The molecule has 7 heteroatoms. The smallest absolute Gasteiger partial charge is 0.387 e. The summed E-state index contributed by atoms with van der Waals surface area (Å²) in [4.78, 5) is 11.9. The van der Waals surface area contributed by atoms with Crippen molar-refractivity contribution in [3.63, 3.8) is 0 Å². The second kappa shape index (κ2) is 6.99. The minimum atomic E-state index is -2.88. The van der Waals surface area contributed by atoms with Crippen molar-refractivity contribution in [2.24, 2.45) is 5.92 Å². The summed E-state index contributed by atoms with van der Waals surface area (Å²) in [5.41, 5.74) is 0.513. The molecular formula is C13H15BrF2N2O2. The molecule has 2 N–H and O–H groups in total. The normalized spacial score (nSPS) is 18.3. The Labute approximate surface area is 124 Å². The molecule has 0 aromatic heterocycles. The highest BCUT2D eigenvalue weighted by molar-refractivity contribution is 9.10. The van der Waals surface area contributed by atoms with Gasteiger partial charge in [-0.1, -0.05) is 15.9 Å². The predicted molar refractivity (Wildman–Crippen MR) is 73.6 cm³/mol. The zero-order chi connectivity index (χ0) is 14.5. The van der Waals surface area contributed by atoms with Gasteiger partial charge in [-0.3, -0.25) is 4.79 Å². The number of alkyl halides is 2. The molecule has 1 aromatic carbocycles. The third-order valence-electron chi connectivity index (χ3n) is 3.12. The molecule has 1 aromatic rings. The molecule has 1 aliphatic heterocycles. The van der Waals surface area contributed by atoms with Crippen LogP contribution in [0.15, 0.2) is 22.7 Å². The zero-order valence-electron chi connectivity index (χ0n) is 10.7. The first-order valence-electron chi connectivity index (χ1n) is 6.28. The molecule has 1 aliphatic rings. The fraction of sp³-hybridized carbons (Fsp3) is 0.462. The Morgan fingerprint density at radius 1 is 1.55 bits per heavy atom. The summed E-state index contributed by atoms with van der Waals surface area (Å²) in [6.45, 7) is -1.24. The highest BCUT2D eigenvalue weighted by atomic mass is 79.9. The number of halogens is 3. The van der Waals surface area contributed by atoms with Gasteiger partial charge in [0, 0.05) is 23.1 Å². The molecule has 0 saturated carbocycles. The quantitative estimate of drug-likeness (QED) is 0.858. The topological polar surface area (TPSA) is 50.4 Å². The molecule has 0 unspecified atom stereocenters. The number of hydrogen-bond donors (Lipinski definition) is 2. The van der Waals surface area contributed by atoms with Crippen LogP contribution in [0.3, 0.4) is 0 Å². The molecule has 4 nitrogen and oxygen atoms in total. The summed E-state index contributed by atoms with van der Waals surface area (Å²) in [5.74, 6) is -0.0485. The van der Waals surface area contributed by atoms with Gasteiger partial charge in [0.25, 0.3) is 0 Å². The van der Waals surface area contributed by atoms with Gasteiger partial charge in [-0.25, -0.2) is 0 Å². The molecular weight excluding hydrogens is 334 g/mol. The summed E-state index contributed by atoms with van der Waals surface area (Å²) < 4.78 is 29.8. The predicted octanol–water partition coefficient (Wildman–Crippen LogP) is 2.28. The Balaban J connectivity index is 2.00. The summed E-state index contributed by atoms with van der Waals surface area (Å²) in [7, 11) is 0. The van der Waals surface area contributed by atoms with Crippen LogP contribution >= 0.6 is 15.9 Å². The summed E-state index contributed by atoms with van der Waals surface area (Å²) in [5, 5.41) is 5.86. The lowest BCUT2D eigenvalue weighted by Gasteiger charge is -2.14. The summed E-state index contributed by atoms with van der Waals surface area (Å²) in [6.07, 6.45) is 0.796. The first kappa shape index (κ1) is 15.2. The lowest BCUT2D eigenvalue weighted by molar-refractivity contribution is -0.124. The lowest BCUT2D eigenvalue weighted by atomic mass is 10.1. The van der Waals surface area contributed by atoms with Crippen molar-refractivity contribution in [1.29, 1.82) is 0 Å². The van der Waals surface area contributed by atoms with Gasteiger partial charge in [0.15, 0.2) is 0 Å². The fourth-order valence-electron chi connectivity index (χ4n) is 2.10. The van der Waals surface area contributed by atoms with E-state index < -0.39 is 6.61 Å². The van der Waals surface area contributed by atoms with Gasteiger partial charge in [-0.15, -0.1) is 0 Å². The van der Waals surface area contributed by atoms with E-state index >= 15 is 0 Å². The minimum Gasteiger partial charge on any atom is -0.434 e.